The molecular weight excluding hydrogens is 475 g/mol. The van der Waals surface area contributed by atoms with Gasteiger partial charge in [0.05, 0.1) is 17.6 Å². The van der Waals surface area contributed by atoms with E-state index in [1.807, 2.05) is 41.0 Å². The average Bonchev–Trinajstić information content (AvgIpc) is 3.15. The largest absolute Gasteiger partial charge is 0.480 e. The standard InChI is InChI=1S/C21H21ClN4O4S.ClH/c1-13-19(14-5-3-2-4-6-14)21(13,20(27)28)24-31(29,30)25-9-10-26-17-8-7-15(22)11-16(17)23-18(26)12-25;/h2-8,11,13,19,24H,9-10,12H2,1H3,(H,27,28);1H/t13-,19-,21+;/m1./s1. The van der Waals surface area contributed by atoms with E-state index in [9.17, 15) is 18.3 Å². The fraction of sp³-hybridized carbons (Fsp3) is 0.333. The van der Waals surface area contributed by atoms with Gasteiger partial charge in [0.25, 0.3) is 10.2 Å². The van der Waals surface area contributed by atoms with E-state index in [-0.39, 0.29) is 31.4 Å². The van der Waals surface area contributed by atoms with Gasteiger partial charge >= 0.3 is 5.97 Å². The van der Waals surface area contributed by atoms with E-state index in [0.29, 0.717) is 22.9 Å². The Labute approximate surface area is 196 Å². The second-order valence-corrected chi connectivity index (χ2v) is 10.2. The van der Waals surface area contributed by atoms with Crippen LogP contribution in [0.25, 0.3) is 11.0 Å². The highest BCUT2D eigenvalue weighted by molar-refractivity contribution is 7.87. The number of carboxylic acid groups (broad SMARTS) is 1. The zero-order valence-electron chi connectivity index (χ0n) is 17.1. The molecule has 1 fully saturated rings. The minimum Gasteiger partial charge on any atom is -0.480 e. The van der Waals surface area contributed by atoms with E-state index < -0.39 is 27.6 Å². The number of hydrogen-bond donors (Lipinski definition) is 2. The minimum atomic E-state index is -4.06. The molecule has 0 bridgehead atoms. The minimum absolute atomic E-state index is 0. The van der Waals surface area contributed by atoms with Crippen LogP contribution >= 0.6 is 24.0 Å². The highest BCUT2D eigenvalue weighted by Crippen LogP contribution is 2.58. The third-order valence-electron chi connectivity index (χ3n) is 6.43. The molecule has 2 aromatic carbocycles. The topological polar surface area (TPSA) is 105 Å². The van der Waals surface area contributed by atoms with Crippen LogP contribution in [-0.4, -0.2) is 45.4 Å². The number of carboxylic acids is 1. The maximum absolute atomic E-state index is 13.2. The molecule has 0 spiro atoms. The molecule has 1 saturated carbocycles. The van der Waals surface area contributed by atoms with Crippen molar-refractivity contribution in [2.45, 2.75) is 31.5 Å². The normalized spacial score (nSPS) is 25.2. The molecule has 8 nitrogen and oxygen atoms in total. The summed E-state index contributed by atoms with van der Waals surface area (Å²) in [6.45, 7) is 2.46. The van der Waals surface area contributed by atoms with Crippen molar-refractivity contribution in [1.82, 2.24) is 18.6 Å². The maximum Gasteiger partial charge on any atom is 0.325 e. The quantitative estimate of drug-likeness (QED) is 0.564. The highest BCUT2D eigenvalue weighted by Gasteiger charge is 2.70. The second kappa shape index (κ2) is 8.00. The van der Waals surface area contributed by atoms with Crippen LogP contribution in [0.1, 0.15) is 24.2 Å². The van der Waals surface area contributed by atoms with Crippen molar-refractivity contribution >= 4 is 51.2 Å². The Balaban J connectivity index is 0.00000245. The van der Waals surface area contributed by atoms with Crippen molar-refractivity contribution in [3.8, 4) is 0 Å². The summed E-state index contributed by atoms with van der Waals surface area (Å²) in [4.78, 5) is 16.7. The number of aromatic nitrogens is 2. The summed E-state index contributed by atoms with van der Waals surface area (Å²) < 4.78 is 32.2. The molecule has 3 atom stereocenters. The molecule has 1 aliphatic heterocycles. The number of aliphatic carboxylic acids is 1. The van der Waals surface area contributed by atoms with Gasteiger partial charge in [0, 0.05) is 24.0 Å². The van der Waals surface area contributed by atoms with Crippen LogP contribution in [0.15, 0.2) is 48.5 Å². The Hall–Kier alpha value is -2.17. The lowest BCUT2D eigenvalue weighted by Crippen LogP contribution is -2.53. The first-order chi connectivity index (χ1) is 14.7. The summed E-state index contributed by atoms with van der Waals surface area (Å²) in [5.41, 5.74) is 0.839. The van der Waals surface area contributed by atoms with Gasteiger partial charge in [-0.1, -0.05) is 48.9 Å². The lowest BCUT2D eigenvalue weighted by atomic mass is 10.1. The Kier molecular flexibility index (Phi) is 5.75. The summed E-state index contributed by atoms with van der Waals surface area (Å²) in [6.07, 6.45) is 0. The first-order valence-electron chi connectivity index (χ1n) is 9.96. The van der Waals surface area contributed by atoms with E-state index in [1.165, 1.54) is 4.31 Å². The molecule has 2 heterocycles. The number of nitrogens with one attached hydrogen (secondary N) is 1. The summed E-state index contributed by atoms with van der Waals surface area (Å²) >= 11 is 6.05. The van der Waals surface area contributed by atoms with Gasteiger partial charge in [-0.3, -0.25) is 4.79 Å². The molecule has 0 amide bonds. The van der Waals surface area contributed by atoms with Gasteiger partial charge in [0.1, 0.15) is 11.4 Å². The second-order valence-electron chi connectivity index (χ2n) is 8.10. The summed E-state index contributed by atoms with van der Waals surface area (Å²) in [6, 6.07) is 14.5. The molecular formula is C21H22Cl2N4O4S. The van der Waals surface area contributed by atoms with E-state index in [0.717, 1.165) is 11.1 Å². The van der Waals surface area contributed by atoms with Gasteiger partial charge in [0.15, 0.2) is 0 Å². The highest BCUT2D eigenvalue weighted by atomic mass is 35.5. The van der Waals surface area contributed by atoms with Gasteiger partial charge in [-0.25, -0.2) is 4.98 Å². The molecule has 1 aliphatic carbocycles. The van der Waals surface area contributed by atoms with E-state index in [2.05, 4.69) is 9.71 Å². The average molecular weight is 497 g/mol. The Morgan fingerprint density at radius 3 is 2.62 bits per heavy atom. The summed E-state index contributed by atoms with van der Waals surface area (Å²) in [7, 11) is -4.06. The van der Waals surface area contributed by atoms with Crippen LogP contribution < -0.4 is 4.72 Å². The SMILES string of the molecule is C[C@@H]1[C@H](c2ccccc2)[C@]1(NS(=O)(=O)N1CCn2c(nc3cc(Cl)ccc32)C1)C(=O)O.Cl. The number of carbonyl (C=O) groups is 1. The van der Waals surface area contributed by atoms with Crippen molar-refractivity contribution < 1.29 is 18.3 Å². The smallest absolute Gasteiger partial charge is 0.325 e. The van der Waals surface area contributed by atoms with Crippen molar-refractivity contribution in [1.29, 1.82) is 0 Å². The number of halogens is 2. The number of fused-ring (bicyclic) bond motifs is 3. The molecule has 5 rings (SSSR count). The maximum atomic E-state index is 13.2. The Morgan fingerprint density at radius 1 is 1.22 bits per heavy atom. The summed E-state index contributed by atoms with van der Waals surface area (Å²) in [5, 5.41) is 10.5. The fourth-order valence-corrected chi connectivity index (χ4v) is 6.49. The molecule has 3 aromatic rings. The first kappa shape index (κ1) is 23.0. The molecule has 1 aromatic heterocycles. The van der Waals surface area contributed by atoms with Gasteiger partial charge in [-0.2, -0.15) is 17.4 Å². The Morgan fingerprint density at radius 2 is 1.94 bits per heavy atom. The fourth-order valence-electron chi connectivity index (χ4n) is 4.76. The summed E-state index contributed by atoms with van der Waals surface area (Å²) in [5.74, 6) is -1.38. The zero-order valence-corrected chi connectivity index (χ0v) is 19.5. The van der Waals surface area contributed by atoms with Gasteiger partial charge in [-0.15, -0.1) is 12.4 Å². The molecule has 2 aliphatic rings. The van der Waals surface area contributed by atoms with Crippen molar-refractivity contribution in [2.75, 3.05) is 6.54 Å². The van der Waals surface area contributed by atoms with Crippen molar-refractivity contribution in [3.63, 3.8) is 0 Å². The van der Waals surface area contributed by atoms with Gasteiger partial charge < -0.3 is 9.67 Å². The third kappa shape index (κ3) is 3.48. The molecule has 0 unspecified atom stereocenters. The van der Waals surface area contributed by atoms with Crippen LogP contribution in [0.5, 0.6) is 0 Å². The number of rotatable bonds is 5. The monoisotopic (exact) mass is 496 g/mol. The van der Waals surface area contributed by atoms with Crippen LogP contribution in [0, 0.1) is 5.92 Å². The predicted octanol–water partition coefficient (Wildman–Crippen LogP) is 3.02. The first-order valence-corrected chi connectivity index (χ1v) is 11.8. The van der Waals surface area contributed by atoms with Crippen LogP contribution in [-0.2, 0) is 28.1 Å². The molecule has 11 heteroatoms. The predicted molar refractivity (Wildman–Crippen MR) is 123 cm³/mol. The zero-order chi connectivity index (χ0) is 22.0. The lowest BCUT2D eigenvalue weighted by molar-refractivity contribution is -0.140. The number of nitrogens with zero attached hydrogens (tertiary/aromatic N) is 3. The molecule has 170 valence electrons. The van der Waals surface area contributed by atoms with E-state index in [1.54, 1.807) is 19.1 Å². The number of hydrogen-bond acceptors (Lipinski definition) is 4. The molecule has 2 N–H and O–H groups in total. The Bertz CT molecular complexity index is 1300. The lowest BCUT2D eigenvalue weighted by Gasteiger charge is -2.29. The van der Waals surface area contributed by atoms with Gasteiger partial charge in [0.2, 0.25) is 0 Å². The molecule has 0 saturated heterocycles. The molecule has 0 radical (unpaired) electrons. The van der Waals surface area contributed by atoms with E-state index in [4.69, 9.17) is 11.6 Å². The van der Waals surface area contributed by atoms with Crippen molar-refractivity contribution in [3.05, 3.63) is 64.9 Å². The number of imidazole rings is 1. The van der Waals surface area contributed by atoms with Crippen molar-refractivity contribution in [2.24, 2.45) is 5.92 Å². The van der Waals surface area contributed by atoms with E-state index >= 15 is 0 Å². The van der Waals surface area contributed by atoms with Crippen LogP contribution in [0.3, 0.4) is 0 Å². The molecule has 32 heavy (non-hydrogen) atoms. The van der Waals surface area contributed by atoms with Gasteiger partial charge in [-0.05, 0) is 29.7 Å². The number of benzene rings is 2. The van der Waals surface area contributed by atoms with Crippen LogP contribution in [0.2, 0.25) is 5.02 Å². The third-order valence-corrected chi connectivity index (χ3v) is 8.25. The van der Waals surface area contributed by atoms with Crippen LogP contribution in [0.4, 0.5) is 0 Å².